The van der Waals surface area contributed by atoms with Crippen molar-refractivity contribution in [1.29, 1.82) is 0 Å². The highest BCUT2D eigenvalue weighted by atomic mass is 16.5. The highest BCUT2D eigenvalue weighted by molar-refractivity contribution is 5.88. The van der Waals surface area contributed by atoms with Crippen LogP contribution in [0.4, 0.5) is 5.82 Å². The fraction of sp³-hybridized carbons (Fsp3) is 0.368. The van der Waals surface area contributed by atoms with Crippen molar-refractivity contribution in [2.24, 2.45) is 7.05 Å². The van der Waals surface area contributed by atoms with Crippen LogP contribution in [-0.2, 0) is 13.5 Å². The van der Waals surface area contributed by atoms with Crippen molar-refractivity contribution in [2.75, 3.05) is 18.5 Å². The predicted octanol–water partition coefficient (Wildman–Crippen LogP) is 2.36. The summed E-state index contributed by atoms with van der Waals surface area (Å²) in [6.45, 7) is 0.709. The summed E-state index contributed by atoms with van der Waals surface area (Å²) in [4.78, 5) is 20.2. The van der Waals surface area contributed by atoms with E-state index in [-0.39, 0.29) is 0 Å². The molecule has 0 spiro atoms. The lowest BCUT2D eigenvalue weighted by Crippen LogP contribution is -2.22. The minimum Gasteiger partial charge on any atom is -0.358 e. The third-order valence-corrected chi connectivity index (χ3v) is 4.95. The van der Waals surface area contributed by atoms with Gasteiger partial charge in [-0.05, 0) is 25.0 Å². The molecule has 28 heavy (non-hydrogen) atoms. The van der Waals surface area contributed by atoms with Crippen molar-refractivity contribution in [3.8, 4) is 11.4 Å². The van der Waals surface area contributed by atoms with E-state index in [2.05, 4.69) is 25.1 Å². The SMILES string of the molecule is CN(CCc1noc(C2CC2)n1)c1nc(-c2ccncc2)nc2c1cnn2C. The number of anilines is 1. The van der Waals surface area contributed by atoms with Crippen LogP contribution in [0.2, 0.25) is 0 Å². The Bertz CT molecular complexity index is 1120. The molecule has 0 saturated heterocycles. The van der Waals surface area contributed by atoms with Gasteiger partial charge < -0.3 is 9.42 Å². The third-order valence-electron chi connectivity index (χ3n) is 4.95. The first-order valence-electron chi connectivity index (χ1n) is 9.33. The largest absolute Gasteiger partial charge is 0.358 e. The number of aryl methyl sites for hydroxylation is 1. The summed E-state index contributed by atoms with van der Waals surface area (Å²) in [6, 6.07) is 3.81. The van der Waals surface area contributed by atoms with Crippen LogP contribution in [0, 0.1) is 0 Å². The van der Waals surface area contributed by atoms with E-state index in [1.54, 1.807) is 23.3 Å². The molecule has 4 aromatic heterocycles. The van der Waals surface area contributed by atoms with Gasteiger partial charge in [-0.3, -0.25) is 9.67 Å². The Hall–Kier alpha value is -3.36. The Balaban J connectivity index is 1.44. The summed E-state index contributed by atoms with van der Waals surface area (Å²) in [5.41, 5.74) is 1.71. The summed E-state index contributed by atoms with van der Waals surface area (Å²) in [5, 5.41) is 9.37. The molecule has 1 aliphatic rings. The molecule has 9 heteroatoms. The third kappa shape index (κ3) is 3.08. The molecular formula is C19H20N8O. The average Bonchev–Trinajstić information content (AvgIpc) is 3.36. The van der Waals surface area contributed by atoms with Gasteiger partial charge in [0, 0.05) is 50.9 Å². The van der Waals surface area contributed by atoms with E-state index < -0.39 is 0 Å². The Morgan fingerprint density at radius 3 is 2.79 bits per heavy atom. The first-order valence-corrected chi connectivity index (χ1v) is 9.33. The van der Waals surface area contributed by atoms with Gasteiger partial charge in [0.05, 0.1) is 11.6 Å². The number of aromatic nitrogens is 7. The molecule has 5 rings (SSSR count). The second-order valence-electron chi connectivity index (χ2n) is 7.11. The Morgan fingerprint density at radius 1 is 1.18 bits per heavy atom. The average molecular weight is 376 g/mol. The first kappa shape index (κ1) is 16.8. The maximum Gasteiger partial charge on any atom is 0.229 e. The van der Waals surface area contributed by atoms with E-state index in [9.17, 15) is 0 Å². The Labute approximate surface area is 161 Å². The summed E-state index contributed by atoms with van der Waals surface area (Å²) in [7, 11) is 3.89. The number of pyridine rings is 1. The van der Waals surface area contributed by atoms with Crippen molar-refractivity contribution >= 4 is 16.9 Å². The lowest BCUT2D eigenvalue weighted by atomic mass is 10.2. The Morgan fingerprint density at radius 2 is 2.00 bits per heavy atom. The van der Waals surface area contributed by atoms with Gasteiger partial charge in [0.15, 0.2) is 17.3 Å². The van der Waals surface area contributed by atoms with E-state index in [1.165, 1.54) is 0 Å². The molecule has 4 aromatic rings. The number of likely N-dealkylation sites (N-methyl/N-ethyl adjacent to an activating group) is 1. The zero-order valence-electron chi connectivity index (χ0n) is 15.8. The van der Waals surface area contributed by atoms with Crippen LogP contribution in [0.15, 0.2) is 35.2 Å². The number of fused-ring (bicyclic) bond motifs is 1. The molecule has 0 amide bonds. The normalized spacial score (nSPS) is 13.9. The van der Waals surface area contributed by atoms with E-state index in [0.29, 0.717) is 24.7 Å². The molecule has 0 atom stereocenters. The van der Waals surface area contributed by atoms with Crippen LogP contribution in [0.25, 0.3) is 22.4 Å². The second kappa shape index (κ2) is 6.66. The van der Waals surface area contributed by atoms with Crippen LogP contribution >= 0.6 is 0 Å². The topological polar surface area (TPSA) is 98.7 Å². The van der Waals surface area contributed by atoms with Crippen LogP contribution in [0.5, 0.6) is 0 Å². The van der Waals surface area contributed by atoms with Crippen LogP contribution in [-0.4, -0.2) is 48.5 Å². The summed E-state index contributed by atoms with van der Waals surface area (Å²) >= 11 is 0. The molecule has 4 heterocycles. The molecule has 0 unspecified atom stereocenters. The predicted molar refractivity (Wildman–Crippen MR) is 103 cm³/mol. The number of rotatable bonds is 6. The number of hydrogen-bond donors (Lipinski definition) is 0. The summed E-state index contributed by atoms with van der Waals surface area (Å²) in [5.74, 6) is 3.46. The molecule has 0 aliphatic heterocycles. The highest BCUT2D eigenvalue weighted by Crippen LogP contribution is 2.38. The number of nitrogens with zero attached hydrogens (tertiary/aromatic N) is 8. The van der Waals surface area contributed by atoms with E-state index in [4.69, 9.17) is 14.5 Å². The lowest BCUT2D eigenvalue weighted by Gasteiger charge is -2.18. The lowest BCUT2D eigenvalue weighted by molar-refractivity contribution is 0.374. The van der Waals surface area contributed by atoms with E-state index in [0.717, 1.165) is 47.0 Å². The van der Waals surface area contributed by atoms with Crippen molar-refractivity contribution in [2.45, 2.75) is 25.2 Å². The summed E-state index contributed by atoms with van der Waals surface area (Å²) in [6.07, 6.45) is 8.27. The standard InChI is InChI=1S/C19H20N8O/c1-26(10-7-15-22-19(28-25-15)13-3-4-13)17-14-11-21-27(2)18(14)24-16(23-17)12-5-8-20-9-6-12/h5-6,8-9,11,13H,3-4,7,10H2,1-2H3. The van der Waals surface area contributed by atoms with Crippen molar-refractivity contribution in [3.05, 3.63) is 42.4 Å². The zero-order chi connectivity index (χ0) is 19.1. The fourth-order valence-electron chi connectivity index (χ4n) is 3.17. The maximum atomic E-state index is 5.35. The van der Waals surface area contributed by atoms with Crippen LogP contribution < -0.4 is 4.90 Å². The van der Waals surface area contributed by atoms with Crippen LogP contribution in [0.1, 0.15) is 30.5 Å². The fourth-order valence-corrected chi connectivity index (χ4v) is 3.17. The maximum absolute atomic E-state index is 5.35. The monoisotopic (exact) mass is 376 g/mol. The van der Waals surface area contributed by atoms with Gasteiger partial charge in [0.25, 0.3) is 0 Å². The first-order chi connectivity index (χ1) is 13.7. The minimum atomic E-state index is 0.471. The Kier molecular flexibility index (Phi) is 4.00. The zero-order valence-corrected chi connectivity index (χ0v) is 15.8. The van der Waals surface area contributed by atoms with Crippen LogP contribution in [0.3, 0.4) is 0 Å². The van der Waals surface area contributed by atoms with Gasteiger partial charge in [0.2, 0.25) is 5.89 Å². The van der Waals surface area contributed by atoms with Crippen molar-refractivity contribution in [1.82, 2.24) is 34.9 Å². The van der Waals surface area contributed by atoms with Crippen molar-refractivity contribution in [3.63, 3.8) is 0 Å². The molecule has 0 radical (unpaired) electrons. The molecular weight excluding hydrogens is 356 g/mol. The van der Waals surface area contributed by atoms with Gasteiger partial charge in [-0.15, -0.1) is 0 Å². The molecule has 1 saturated carbocycles. The van der Waals surface area contributed by atoms with E-state index >= 15 is 0 Å². The van der Waals surface area contributed by atoms with E-state index in [1.807, 2.05) is 26.2 Å². The molecule has 1 aliphatic carbocycles. The van der Waals surface area contributed by atoms with Gasteiger partial charge >= 0.3 is 0 Å². The second-order valence-corrected chi connectivity index (χ2v) is 7.11. The molecule has 0 aromatic carbocycles. The van der Waals surface area contributed by atoms with Gasteiger partial charge in [-0.2, -0.15) is 10.1 Å². The minimum absolute atomic E-state index is 0.471. The molecule has 1 fully saturated rings. The summed E-state index contributed by atoms with van der Waals surface area (Å²) < 4.78 is 7.12. The highest BCUT2D eigenvalue weighted by Gasteiger charge is 2.29. The molecule has 0 bridgehead atoms. The molecule has 0 N–H and O–H groups in total. The quantitative estimate of drug-likeness (QED) is 0.506. The van der Waals surface area contributed by atoms with Gasteiger partial charge in [-0.25, -0.2) is 9.97 Å². The van der Waals surface area contributed by atoms with Gasteiger partial charge in [0.1, 0.15) is 5.82 Å². The molecule has 9 nitrogen and oxygen atoms in total. The number of hydrogen-bond acceptors (Lipinski definition) is 8. The molecule has 142 valence electrons. The van der Waals surface area contributed by atoms with Gasteiger partial charge in [-0.1, -0.05) is 5.16 Å². The smallest absolute Gasteiger partial charge is 0.229 e. The van der Waals surface area contributed by atoms with Crippen molar-refractivity contribution < 1.29 is 4.52 Å².